The molecule has 0 radical (unpaired) electrons. The van der Waals surface area contributed by atoms with E-state index < -0.39 is 0 Å². The number of amides is 2. The largest absolute Gasteiger partial charge is 0.379 e. The molecule has 2 amide bonds. The van der Waals surface area contributed by atoms with Gasteiger partial charge < -0.3 is 15.4 Å². The van der Waals surface area contributed by atoms with Gasteiger partial charge in [-0.25, -0.2) is 4.79 Å². The summed E-state index contributed by atoms with van der Waals surface area (Å²) in [7, 11) is 0. The molecule has 1 aliphatic heterocycles. The third kappa shape index (κ3) is 4.77. The van der Waals surface area contributed by atoms with Crippen molar-refractivity contribution in [3.05, 3.63) is 22.4 Å². The maximum Gasteiger partial charge on any atom is 0.315 e. The first kappa shape index (κ1) is 15.3. The second-order valence-electron chi connectivity index (χ2n) is 5.17. The molecule has 2 rings (SSSR count). The highest BCUT2D eigenvalue weighted by Crippen LogP contribution is 2.17. The molecule has 1 aromatic heterocycles. The Balaban J connectivity index is 1.70. The fraction of sp³-hybridized carbons (Fsp3) is 0.643. The van der Waals surface area contributed by atoms with Crippen LogP contribution in [0.4, 0.5) is 4.79 Å². The van der Waals surface area contributed by atoms with Crippen molar-refractivity contribution in [3.63, 3.8) is 0 Å². The van der Waals surface area contributed by atoms with Crippen LogP contribution in [0.5, 0.6) is 0 Å². The van der Waals surface area contributed by atoms with Crippen LogP contribution in [0.3, 0.4) is 0 Å². The third-order valence-electron chi connectivity index (χ3n) is 3.33. The minimum absolute atomic E-state index is 0.0468. The van der Waals surface area contributed by atoms with Crippen LogP contribution < -0.4 is 10.6 Å². The van der Waals surface area contributed by atoms with Gasteiger partial charge in [0, 0.05) is 30.6 Å². The summed E-state index contributed by atoms with van der Waals surface area (Å²) >= 11 is 1.66. The monoisotopic (exact) mass is 297 g/mol. The molecule has 0 spiro atoms. The summed E-state index contributed by atoms with van der Waals surface area (Å²) in [5.41, 5.74) is 0. The van der Waals surface area contributed by atoms with Gasteiger partial charge in [0.15, 0.2) is 0 Å². The molecule has 0 unspecified atom stereocenters. The molecule has 1 aliphatic rings. The number of carbonyl (C=O) groups excluding carboxylic acids is 1. The van der Waals surface area contributed by atoms with Crippen LogP contribution in [0.15, 0.2) is 17.5 Å². The maximum atomic E-state index is 11.9. The molecular weight excluding hydrogens is 274 g/mol. The molecule has 0 aromatic carbocycles. The number of hydrogen-bond acceptors (Lipinski definition) is 4. The number of ether oxygens (including phenoxy) is 1. The van der Waals surface area contributed by atoms with E-state index in [1.165, 1.54) is 4.88 Å². The van der Waals surface area contributed by atoms with Gasteiger partial charge in [0.05, 0.1) is 19.3 Å². The lowest BCUT2D eigenvalue weighted by Crippen LogP contribution is -2.48. The average molecular weight is 297 g/mol. The third-order valence-corrected chi connectivity index (χ3v) is 4.39. The molecule has 0 aliphatic carbocycles. The lowest BCUT2D eigenvalue weighted by molar-refractivity contribution is 0.0349. The summed E-state index contributed by atoms with van der Waals surface area (Å²) in [4.78, 5) is 15.4. The summed E-state index contributed by atoms with van der Waals surface area (Å²) in [6.07, 6.45) is 0. The first-order valence-electron chi connectivity index (χ1n) is 7.05. The Morgan fingerprint density at radius 1 is 1.40 bits per heavy atom. The molecule has 2 atom stereocenters. The van der Waals surface area contributed by atoms with Crippen molar-refractivity contribution in [3.8, 4) is 0 Å². The van der Waals surface area contributed by atoms with Gasteiger partial charge in [0.25, 0.3) is 0 Å². The van der Waals surface area contributed by atoms with Crippen molar-refractivity contribution in [2.45, 2.75) is 25.9 Å². The molecule has 2 heterocycles. The fourth-order valence-corrected chi connectivity index (χ4v) is 3.02. The normalized spacial score (nSPS) is 19.3. The number of morpholine rings is 1. The maximum absolute atomic E-state index is 11.9. The second kappa shape index (κ2) is 7.61. The van der Waals surface area contributed by atoms with E-state index in [0.717, 1.165) is 32.8 Å². The Morgan fingerprint density at radius 2 is 2.15 bits per heavy atom. The molecule has 1 saturated heterocycles. The molecule has 1 fully saturated rings. The number of hydrogen-bond donors (Lipinski definition) is 2. The van der Waals surface area contributed by atoms with Crippen molar-refractivity contribution in [2.24, 2.45) is 0 Å². The number of carbonyl (C=O) groups is 1. The summed E-state index contributed by atoms with van der Waals surface area (Å²) in [5, 5.41) is 7.98. The zero-order chi connectivity index (χ0) is 14.4. The molecule has 112 valence electrons. The van der Waals surface area contributed by atoms with Crippen LogP contribution in [-0.4, -0.2) is 49.8 Å². The van der Waals surface area contributed by atoms with Crippen molar-refractivity contribution in [2.75, 3.05) is 32.8 Å². The topological polar surface area (TPSA) is 53.6 Å². The lowest BCUT2D eigenvalue weighted by Gasteiger charge is -2.29. The van der Waals surface area contributed by atoms with E-state index in [4.69, 9.17) is 4.74 Å². The first-order valence-corrected chi connectivity index (χ1v) is 7.93. The minimum Gasteiger partial charge on any atom is -0.379 e. The van der Waals surface area contributed by atoms with E-state index in [-0.39, 0.29) is 18.1 Å². The summed E-state index contributed by atoms with van der Waals surface area (Å²) < 4.78 is 5.32. The molecule has 0 bridgehead atoms. The Morgan fingerprint density at radius 3 is 2.80 bits per heavy atom. The summed E-state index contributed by atoms with van der Waals surface area (Å²) in [6.45, 7) is 8.36. The smallest absolute Gasteiger partial charge is 0.315 e. The van der Waals surface area contributed by atoms with Gasteiger partial charge in [0.1, 0.15) is 0 Å². The van der Waals surface area contributed by atoms with Crippen LogP contribution in [0.2, 0.25) is 0 Å². The Bertz CT molecular complexity index is 405. The van der Waals surface area contributed by atoms with Crippen molar-refractivity contribution in [1.82, 2.24) is 15.5 Å². The Kier molecular flexibility index (Phi) is 5.82. The minimum atomic E-state index is -0.105. The van der Waals surface area contributed by atoms with Crippen LogP contribution in [0.25, 0.3) is 0 Å². The number of nitrogens with zero attached hydrogens (tertiary/aromatic N) is 1. The summed E-state index contributed by atoms with van der Waals surface area (Å²) in [5.74, 6) is 0. The van der Waals surface area contributed by atoms with Gasteiger partial charge in [-0.3, -0.25) is 4.90 Å². The van der Waals surface area contributed by atoms with Gasteiger partial charge in [0.2, 0.25) is 0 Å². The molecule has 0 saturated carbocycles. The van der Waals surface area contributed by atoms with E-state index in [1.54, 1.807) is 11.3 Å². The van der Waals surface area contributed by atoms with Crippen LogP contribution in [0.1, 0.15) is 24.8 Å². The SMILES string of the molecule is C[C@H](NC(=O)N[C@@H](C)CN1CCOCC1)c1cccs1. The zero-order valence-corrected chi connectivity index (χ0v) is 12.9. The van der Waals surface area contributed by atoms with Crippen LogP contribution in [-0.2, 0) is 4.74 Å². The molecule has 1 aromatic rings. The van der Waals surface area contributed by atoms with Gasteiger partial charge in [-0.1, -0.05) is 6.07 Å². The van der Waals surface area contributed by atoms with E-state index in [0.29, 0.717) is 0 Å². The molecule has 5 nitrogen and oxygen atoms in total. The number of thiophene rings is 1. The average Bonchev–Trinajstić information content (AvgIpc) is 2.93. The molecule has 6 heteroatoms. The van der Waals surface area contributed by atoms with Gasteiger partial charge in [-0.15, -0.1) is 11.3 Å². The quantitative estimate of drug-likeness (QED) is 0.872. The van der Waals surface area contributed by atoms with Crippen LogP contribution >= 0.6 is 11.3 Å². The number of urea groups is 1. The lowest BCUT2D eigenvalue weighted by atomic mass is 10.2. The van der Waals surface area contributed by atoms with E-state index >= 15 is 0 Å². The van der Waals surface area contributed by atoms with E-state index in [2.05, 4.69) is 15.5 Å². The van der Waals surface area contributed by atoms with Gasteiger partial charge >= 0.3 is 6.03 Å². The van der Waals surface area contributed by atoms with Gasteiger partial charge in [-0.05, 0) is 25.3 Å². The number of rotatable bonds is 5. The number of nitrogens with one attached hydrogen (secondary N) is 2. The molecule has 20 heavy (non-hydrogen) atoms. The predicted octanol–water partition coefficient (Wildman–Crippen LogP) is 1.83. The fourth-order valence-electron chi connectivity index (χ4n) is 2.29. The zero-order valence-electron chi connectivity index (χ0n) is 12.1. The van der Waals surface area contributed by atoms with E-state index in [1.807, 2.05) is 31.4 Å². The molecular formula is C14H23N3O2S. The van der Waals surface area contributed by atoms with Crippen molar-refractivity contribution < 1.29 is 9.53 Å². The first-order chi connectivity index (χ1) is 9.65. The van der Waals surface area contributed by atoms with E-state index in [9.17, 15) is 4.79 Å². The highest BCUT2D eigenvalue weighted by molar-refractivity contribution is 7.10. The van der Waals surface area contributed by atoms with Crippen molar-refractivity contribution in [1.29, 1.82) is 0 Å². The predicted molar refractivity (Wildman–Crippen MR) is 81.1 cm³/mol. The molecule has 2 N–H and O–H groups in total. The second-order valence-corrected chi connectivity index (χ2v) is 6.15. The standard InChI is InChI=1S/C14H23N3O2S/c1-11(10-17-5-7-19-8-6-17)15-14(18)16-12(2)13-4-3-9-20-13/h3-4,9,11-12H,5-8,10H2,1-2H3,(H2,15,16,18)/t11-,12-/m0/s1. The summed E-state index contributed by atoms with van der Waals surface area (Å²) in [6, 6.07) is 4.10. The highest BCUT2D eigenvalue weighted by atomic mass is 32.1. The highest BCUT2D eigenvalue weighted by Gasteiger charge is 2.16. The Labute approximate surface area is 124 Å². The van der Waals surface area contributed by atoms with Crippen LogP contribution in [0, 0.1) is 0 Å². The van der Waals surface area contributed by atoms with Crippen molar-refractivity contribution >= 4 is 17.4 Å². The Hall–Kier alpha value is -1.11. The van der Waals surface area contributed by atoms with Gasteiger partial charge in [-0.2, -0.15) is 0 Å².